The maximum atomic E-state index is 13.4. The highest BCUT2D eigenvalue weighted by atomic mass is 19.1. The molecule has 204 valence electrons. The van der Waals surface area contributed by atoms with Crippen LogP contribution in [0.5, 0.6) is 0 Å². The number of rotatable bonds is 8. The number of pyridine rings is 1. The SMILES string of the molecule is CC(C)C(=O)OC1CC(C(=O)Nc2ccc(F)nc2)N(c2nc3c(c(Nc4cc(C5CC5)[nH]n4)n2)CCC3)C1. The lowest BCUT2D eigenvalue weighted by Crippen LogP contribution is -2.41. The number of halogens is 1. The molecule has 39 heavy (non-hydrogen) atoms. The van der Waals surface area contributed by atoms with E-state index in [1.807, 2.05) is 6.07 Å². The van der Waals surface area contributed by atoms with Gasteiger partial charge in [-0.2, -0.15) is 14.5 Å². The molecule has 1 saturated carbocycles. The van der Waals surface area contributed by atoms with Crippen molar-refractivity contribution in [3.63, 3.8) is 0 Å². The number of fused-ring (bicyclic) bond motifs is 1. The van der Waals surface area contributed by atoms with E-state index in [2.05, 4.69) is 25.8 Å². The minimum atomic E-state index is -0.709. The first-order chi connectivity index (χ1) is 18.8. The van der Waals surface area contributed by atoms with Crippen LogP contribution >= 0.6 is 0 Å². The Kier molecular flexibility index (Phi) is 6.61. The van der Waals surface area contributed by atoms with Crippen LogP contribution in [0, 0.1) is 11.9 Å². The molecule has 0 aromatic carbocycles. The van der Waals surface area contributed by atoms with Crippen molar-refractivity contribution < 1.29 is 18.7 Å². The molecule has 11 nitrogen and oxygen atoms in total. The summed E-state index contributed by atoms with van der Waals surface area (Å²) in [6.45, 7) is 3.81. The van der Waals surface area contributed by atoms with Gasteiger partial charge in [-0.25, -0.2) is 9.97 Å². The van der Waals surface area contributed by atoms with Crippen LogP contribution in [0.1, 0.15) is 62.4 Å². The van der Waals surface area contributed by atoms with E-state index in [0.717, 1.165) is 36.2 Å². The van der Waals surface area contributed by atoms with Crippen molar-refractivity contribution in [2.24, 2.45) is 5.92 Å². The molecule has 0 bridgehead atoms. The summed E-state index contributed by atoms with van der Waals surface area (Å²) < 4.78 is 19.0. The minimum Gasteiger partial charge on any atom is -0.460 e. The number of aromatic amines is 1. The quantitative estimate of drug-likeness (QED) is 0.292. The van der Waals surface area contributed by atoms with E-state index in [9.17, 15) is 14.0 Å². The average molecular weight is 535 g/mol. The number of esters is 1. The van der Waals surface area contributed by atoms with Crippen molar-refractivity contribution in [3.8, 4) is 0 Å². The molecule has 1 saturated heterocycles. The zero-order chi connectivity index (χ0) is 27.1. The van der Waals surface area contributed by atoms with E-state index in [4.69, 9.17) is 14.7 Å². The number of anilines is 4. The second-order valence-corrected chi connectivity index (χ2v) is 10.7. The fourth-order valence-electron chi connectivity index (χ4n) is 5.10. The third-order valence-corrected chi connectivity index (χ3v) is 7.35. The number of aromatic nitrogens is 5. The van der Waals surface area contributed by atoms with Crippen LogP contribution < -0.4 is 15.5 Å². The van der Waals surface area contributed by atoms with Crippen molar-refractivity contribution in [3.05, 3.63) is 47.3 Å². The van der Waals surface area contributed by atoms with Crippen molar-refractivity contribution in [2.75, 3.05) is 22.1 Å². The van der Waals surface area contributed by atoms with Crippen LogP contribution in [-0.2, 0) is 27.2 Å². The summed E-state index contributed by atoms with van der Waals surface area (Å²) in [4.78, 5) is 40.9. The number of hydrogen-bond donors (Lipinski definition) is 3. The van der Waals surface area contributed by atoms with Crippen LogP contribution in [-0.4, -0.2) is 55.7 Å². The summed E-state index contributed by atoms with van der Waals surface area (Å²) in [6, 6.07) is 3.94. The molecule has 0 spiro atoms. The van der Waals surface area contributed by atoms with E-state index >= 15 is 0 Å². The molecule has 2 aliphatic carbocycles. The third kappa shape index (κ3) is 5.41. The molecule has 2 fully saturated rings. The molecule has 4 heterocycles. The zero-order valence-electron chi connectivity index (χ0n) is 21.9. The second kappa shape index (κ2) is 10.2. The summed E-state index contributed by atoms with van der Waals surface area (Å²) in [5.41, 5.74) is 3.47. The molecule has 2 unspecified atom stereocenters. The lowest BCUT2D eigenvalue weighted by Gasteiger charge is -2.24. The highest BCUT2D eigenvalue weighted by Gasteiger charge is 2.41. The Morgan fingerprint density at radius 1 is 1.21 bits per heavy atom. The first kappa shape index (κ1) is 25.2. The molecule has 3 aromatic heterocycles. The van der Waals surface area contributed by atoms with Crippen LogP contribution in [0.4, 0.5) is 27.7 Å². The van der Waals surface area contributed by atoms with Crippen LogP contribution in [0.25, 0.3) is 0 Å². The lowest BCUT2D eigenvalue weighted by molar-refractivity contribution is -0.152. The number of nitrogens with one attached hydrogen (secondary N) is 3. The van der Waals surface area contributed by atoms with Crippen molar-refractivity contribution in [1.29, 1.82) is 0 Å². The van der Waals surface area contributed by atoms with Gasteiger partial charge in [0.25, 0.3) is 0 Å². The zero-order valence-corrected chi connectivity index (χ0v) is 21.9. The molecular formula is C27H31FN8O3. The van der Waals surface area contributed by atoms with E-state index in [1.54, 1.807) is 18.7 Å². The highest BCUT2D eigenvalue weighted by Crippen LogP contribution is 2.40. The Morgan fingerprint density at radius 3 is 2.79 bits per heavy atom. The Morgan fingerprint density at radius 2 is 2.05 bits per heavy atom. The molecule has 6 rings (SSSR count). The lowest BCUT2D eigenvalue weighted by atomic mass is 10.1. The average Bonchev–Trinajstić information content (AvgIpc) is 3.27. The molecular weight excluding hydrogens is 503 g/mol. The van der Waals surface area contributed by atoms with Gasteiger partial charge in [-0.15, -0.1) is 0 Å². The summed E-state index contributed by atoms with van der Waals surface area (Å²) in [5, 5.41) is 13.7. The van der Waals surface area contributed by atoms with E-state index in [-0.39, 0.29) is 30.8 Å². The topological polar surface area (TPSA) is 138 Å². The van der Waals surface area contributed by atoms with Crippen LogP contribution in [0.3, 0.4) is 0 Å². The monoisotopic (exact) mass is 534 g/mol. The fraction of sp³-hybridized carbons (Fsp3) is 0.481. The van der Waals surface area contributed by atoms with Crippen molar-refractivity contribution >= 4 is 35.1 Å². The number of aryl methyl sites for hydroxylation is 1. The van der Waals surface area contributed by atoms with Gasteiger partial charge in [0.2, 0.25) is 17.8 Å². The number of ether oxygens (including phenoxy) is 1. The number of carbonyl (C=O) groups excluding carboxylic acids is 2. The molecule has 12 heteroatoms. The highest BCUT2D eigenvalue weighted by molar-refractivity contribution is 5.97. The van der Waals surface area contributed by atoms with Gasteiger partial charge in [0.1, 0.15) is 18.0 Å². The predicted octanol–water partition coefficient (Wildman–Crippen LogP) is 3.63. The Bertz CT molecular complexity index is 1390. The molecule has 1 aliphatic heterocycles. The largest absolute Gasteiger partial charge is 0.460 e. The van der Waals surface area contributed by atoms with Gasteiger partial charge in [-0.3, -0.25) is 14.7 Å². The molecule has 3 N–H and O–H groups in total. The predicted molar refractivity (Wildman–Crippen MR) is 141 cm³/mol. The Balaban J connectivity index is 1.29. The molecule has 3 aliphatic rings. The summed E-state index contributed by atoms with van der Waals surface area (Å²) in [7, 11) is 0. The molecule has 0 radical (unpaired) electrons. The van der Waals surface area contributed by atoms with E-state index in [1.165, 1.54) is 31.2 Å². The fourth-order valence-corrected chi connectivity index (χ4v) is 5.10. The maximum absolute atomic E-state index is 13.4. The van der Waals surface area contributed by atoms with Crippen LogP contribution in [0.2, 0.25) is 0 Å². The van der Waals surface area contributed by atoms with Gasteiger partial charge < -0.3 is 20.3 Å². The number of nitrogens with zero attached hydrogens (tertiary/aromatic N) is 5. The van der Waals surface area contributed by atoms with Crippen molar-refractivity contribution in [2.45, 2.75) is 70.4 Å². The van der Waals surface area contributed by atoms with E-state index < -0.39 is 18.1 Å². The number of carbonyl (C=O) groups is 2. The first-order valence-corrected chi connectivity index (χ1v) is 13.5. The van der Waals surface area contributed by atoms with Gasteiger partial charge >= 0.3 is 5.97 Å². The van der Waals surface area contributed by atoms with Gasteiger partial charge in [0.15, 0.2) is 5.82 Å². The smallest absolute Gasteiger partial charge is 0.308 e. The third-order valence-electron chi connectivity index (χ3n) is 7.35. The number of H-pyrrole nitrogens is 1. The maximum Gasteiger partial charge on any atom is 0.308 e. The molecule has 2 atom stereocenters. The Hall–Kier alpha value is -4.09. The standard InChI is InChI=1S/C27H31FN8O3/c1-14(2)26(38)39-17-10-21(25(37)30-16-8-9-22(28)29-12-16)36(13-17)27-31-19-5-3-4-18(19)24(33-27)32-23-11-20(34-35-23)15-6-7-15/h8-9,11-12,14-15,17,21H,3-7,10,13H2,1-2H3,(H,30,37)(H2,31,32,33,34,35). The van der Waals surface area contributed by atoms with E-state index in [0.29, 0.717) is 29.2 Å². The summed E-state index contributed by atoms with van der Waals surface area (Å²) >= 11 is 0. The van der Waals surface area contributed by atoms with Gasteiger partial charge in [0, 0.05) is 29.7 Å². The normalized spacial score (nSPS) is 20.3. The molecule has 3 aromatic rings. The number of hydrogen-bond acceptors (Lipinski definition) is 9. The van der Waals surface area contributed by atoms with Crippen LogP contribution in [0.15, 0.2) is 24.4 Å². The summed E-state index contributed by atoms with van der Waals surface area (Å²) in [6.07, 6.45) is 5.99. The van der Waals surface area contributed by atoms with Gasteiger partial charge in [-0.05, 0) is 44.2 Å². The Labute approximate surface area is 225 Å². The number of amides is 1. The van der Waals surface area contributed by atoms with Crippen molar-refractivity contribution in [1.82, 2.24) is 25.1 Å². The minimum absolute atomic E-state index is 0.269. The summed E-state index contributed by atoms with van der Waals surface area (Å²) in [5.74, 6) is 0.700. The first-order valence-electron chi connectivity index (χ1n) is 13.5. The van der Waals surface area contributed by atoms with Gasteiger partial charge in [0.05, 0.1) is 30.0 Å². The molecule has 1 amide bonds. The second-order valence-electron chi connectivity index (χ2n) is 10.7. The van der Waals surface area contributed by atoms with Gasteiger partial charge in [-0.1, -0.05) is 13.8 Å².